The molecular weight excluding hydrogens is 240 g/mol. The Balaban J connectivity index is 2.18. The second kappa shape index (κ2) is 4.65. The Morgan fingerprint density at radius 2 is 1.74 bits per heavy atom. The molecule has 0 aliphatic carbocycles. The smallest absolute Gasteiger partial charge is 0.130 e. The molecule has 2 aromatic carbocycles. The SMILES string of the molecule is COc1ccc(-c2n[nH]c3cccc(OC)c23)cc1. The maximum absolute atomic E-state index is 5.41. The molecule has 0 amide bonds. The standard InChI is InChI=1S/C15H14N2O2/c1-18-11-8-6-10(7-9-11)15-14-12(16-17-15)4-3-5-13(14)19-2/h3-9H,1-2H3,(H,16,17). The van der Waals surface area contributed by atoms with Crippen molar-refractivity contribution in [2.24, 2.45) is 0 Å². The molecular formula is C15H14N2O2. The third-order valence-electron chi connectivity index (χ3n) is 3.13. The van der Waals surface area contributed by atoms with Crippen molar-refractivity contribution < 1.29 is 9.47 Å². The number of hydrogen-bond acceptors (Lipinski definition) is 3. The number of nitrogens with zero attached hydrogens (tertiary/aromatic N) is 1. The van der Waals surface area contributed by atoms with Crippen LogP contribution in [-0.2, 0) is 0 Å². The maximum Gasteiger partial charge on any atom is 0.130 e. The highest BCUT2D eigenvalue weighted by Gasteiger charge is 2.12. The number of hydrogen-bond donors (Lipinski definition) is 1. The van der Waals surface area contributed by atoms with E-state index in [4.69, 9.17) is 9.47 Å². The molecule has 0 aliphatic rings. The molecule has 0 spiro atoms. The van der Waals surface area contributed by atoms with Crippen LogP contribution in [0.15, 0.2) is 42.5 Å². The molecule has 1 aromatic heterocycles. The fourth-order valence-corrected chi connectivity index (χ4v) is 2.17. The molecule has 0 radical (unpaired) electrons. The van der Waals surface area contributed by atoms with Crippen LogP contribution in [0.25, 0.3) is 22.2 Å². The first kappa shape index (κ1) is 11.6. The highest BCUT2D eigenvalue weighted by atomic mass is 16.5. The van der Waals surface area contributed by atoms with Gasteiger partial charge in [-0.2, -0.15) is 5.10 Å². The van der Waals surface area contributed by atoms with Gasteiger partial charge in [0, 0.05) is 5.56 Å². The highest BCUT2D eigenvalue weighted by Crippen LogP contribution is 2.33. The number of methoxy groups -OCH3 is 2. The Kier molecular flexibility index (Phi) is 2.83. The van der Waals surface area contributed by atoms with Crippen molar-refractivity contribution >= 4 is 10.9 Å². The van der Waals surface area contributed by atoms with Crippen LogP contribution in [0.5, 0.6) is 11.5 Å². The molecule has 4 heteroatoms. The lowest BCUT2D eigenvalue weighted by Gasteiger charge is -2.04. The normalized spacial score (nSPS) is 10.6. The summed E-state index contributed by atoms with van der Waals surface area (Å²) in [6.07, 6.45) is 0. The number of nitrogens with one attached hydrogen (secondary N) is 1. The second-order valence-electron chi connectivity index (χ2n) is 4.18. The van der Waals surface area contributed by atoms with Gasteiger partial charge in [-0.05, 0) is 36.4 Å². The fraction of sp³-hybridized carbons (Fsp3) is 0.133. The Labute approximate surface area is 111 Å². The second-order valence-corrected chi connectivity index (χ2v) is 4.18. The third-order valence-corrected chi connectivity index (χ3v) is 3.13. The molecule has 0 atom stereocenters. The van der Waals surface area contributed by atoms with E-state index < -0.39 is 0 Å². The summed E-state index contributed by atoms with van der Waals surface area (Å²) in [4.78, 5) is 0. The molecule has 0 saturated carbocycles. The predicted molar refractivity (Wildman–Crippen MR) is 74.6 cm³/mol. The van der Waals surface area contributed by atoms with Crippen LogP contribution in [0.2, 0.25) is 0 Å². The summed E-state index contributed by atoms with van der Waals surface area (Å²) in [5.41, 5.74) is 2.87. The molecule has 1 N–H and O–H groups in total. The van der Waals surface area contributed by atoms with Gasteiger partial charge in [0.25, 0.3) is 0 Å². The van der Waals surface area contributed by atoms with Crippen molar-refractivity contribution in [1.82, 2.24) is 10.2 Å². The van der Waals surface area contributed by atoms with Crippen molar-refractivity contribution in [3.05, 3.63) is 42.5 Å². The highest BCUT2D eigenvalue weighted by molar-refractivity contribution is 5.97. The van der Waals surface area contributed by atoms with Gasteiger partial charge in [0.2, 0.25) is 0 Å². The molecule has 96 valence electrons. The number of benzene rings is 2. The fourth-order valence-electron chi connectivity index (χ4n) is 2.17. The molecule has 0 aliphatic heterocycles. The van der Waals surface area contributed by atoms with Gasteiger partial charge in [0.1, 0.15) is 17.2 Å². The van der Waals surface area contributed by atoms with Crippen LogP contribution in [-0.4, -0.2) is 24.4 Å². The zero-order chi connectivity index (χ0) is 13.2. The van der Waals surface area contributed by atoms with Crippen LogP contribution in [0.4, 0.5) is 0 Å². The summed E-state index contributed by atoms with van der Waals surface area (Å²) in [6.45, 7) is 0. The Bertz CT molecular complexity index is 702. The van der Waals surface area contributed by atoms with Crippen LogP contribution < -0.4 is 9.47 Å². The first-order chi connectivity index (χ1) is 9.33. The zero-order valence-electron chi connectivity index (χ0n) is 10.8. The first-order valence-corrected chi connectivity index (χ1v) is 5.99. The van der Waals surface area contributed by atoms with Crippen molar-refractivity contribution in [3.8, 4) is 22.8 Å². The number of aromatic amines is 1. The minimum atomic E-state index is 0.817. The summed E-state index contributed by atoms with van der Waals surface area (Å²) in [7, 11) is 3.32. The zero-order valence-corrected chi connectivity index (χ0v) is 10.8. The first-order valence-electron chi connectivity index (χ1n) is 5.99. The Morgan fingerprint density at radius 3 is 2.42 bits per heavy atom. The lowest BCUT2D eigenvalue weighted by Crippen LogP contribution is -1.86. The molecule has 0 bridgehead atoms. The Morgan fingerprint density at radius 1 is 0.947 bits per heavy atom. The van der Waals surface area contributed by atoms with Crippen molar-refractivity contribution in [2.75, 3.05) is 14.2 Å². The number of rotatable bonds is 3. The molecule has 0 saturated heterocycles. The van der Waals surface area contributed by atoms with Crippen LogP contribution in [0.3, 0.4) is 0 Å². The quantitative estimate of drug-likeness (QED) is 0.780. The average Bonchev–Trinajstić information content (AvgIpc) is 2.91. The van der Waals surface area contributed by atoms with E-state index in [0.29, 0.717) is 0 Å². The van der Waals surface area contributed by atoms with Gasteiger partial charge < -0.3 is 9.47 Å². The summed E-state index contributed by atoms with van der Waals surface area (Å²) >= 11 is 0. The van der Waals surface area contributed by atoms with Crippen LogP contribution >= 0.6 is 0 Å². The number of aromatic nitrogens is 2. The van der Waals surface area contributed by atoms with E-state index in [0.717, 1.165) is 33.7 Å². The van der Waals surface area contributed by atoms with Crippen molar-refractivity contribution in [3.63, 3.8) is 0 Å². The van der Waals surface area contributed by atoms with E-state index in [1.807, 2.05) is 42.5 Å². The average molecular weight is 254 g/mol. The van der Waals surface area contributed by atoms with Crippen LogP contribution in [0.1, 0.15) is 0 Å². The van der Waals surface area contributed by atoms with E-state index in [-0.39, 0.29) is 0 Å². The van der Waals surface area contributed by atoms with E-state index in [1.54, 1.807) is 14.2 Å². The van der Waals surface area contributed by atoms with E-state index in [9.17, 15) is 0 Å². The third kappa shape index (κ3) is 1.91. The van der Waals surface area contributed by atoms with Gasteiger partial charge in [0.15, 0.2) is 0 Å². The monoisotopic (exact) mass is 254 g/mol. The molecule has 19 heavy (non-hydrogen) atoms. The summed E-state index contributed by atoms with van der Waals surface area (Å²) in [5.74, 6) is 1.65. The van der Waals surface area contributed by atoms with E-state index in [1.165, 1.54) is 0 Å². The van der Waals surface area contributed by atoms with Gasteiger partial charge in [0.05, 0.1) is 25.1 Å². The summed E-state index contributed by atoms with van der Waals surface area (Å²) in [5, 5.41) is 8.41. The molecule has 3 rings (SSSR count). The minimum absolute atomic E-state index is 0.817. The molecule has 0 fully saturated rings. The van der Waals surface area contributed by atoms with Gasteiger partial charge in [-0.25, -0.2) is 0 Å². The lowest BCUT2D eigenvalue weighted by atomic mass is 10.1. The van der Waals surface area contributed by atoms with E-state index >= 15 is 0 Å². The summed E-state index contributed by atoms with van der Waals surface area (Å²) < 4.78 is 10.6. The van der Waals surface area contributed by atoms with E-state index in [2.05, 4.69) is 10.2 Å². The summed E-state index contributed by atoms with van der Waals surface area (Å²) in [6, 6.07) is 13.7. The molecule has 4 nitrogen and oxygen atoms in total. The predicted octanol–water partition coefficient (Wildman–Crippen LogP) is 3.25. The molecule has 3 aromatic rings. The molecule has 1 heterocycles. The number of fused-ring (bicyclic) bond motifs is 1. The Hall–Kier alpha value is -2.49. The van der Waals surface area contributed by atoms with Gasteiger partial charge in [-0.1, -0.05) is 6.07 Å². The topological polar surface area (TPSA) is 47.1 Å². The number of ether oxygens (including phenoxy) is 2. The van der Waals surface area contributed by atoms with Crippen molar-refractivity contribution in [2.45, 2.75) is 0 Å². The van der Waals surface area contributed by atoms with Gasteiger partial charge in [-0.3, -0.25) is 5.10 Å². The lowest BCUT2D eigenvalue weighted by molar-refractivity contribution is 0.415. The molecule has 0 unspecified atom stereocenters. The maximum atomic E-state index is 5.41. The van der Waals surface area contributed by atoms with Crippen molar-refractivity contribution in [1.29, 1.82) is 0 Å². The largest absolute Gasteiger partial charge is 0.497 e. The minimum Gasteiger partial charge on any atom is -0.497 e. The van der Waals surface area contributed by atoms with Gasteiger partial charge >= 0.3 is 0 Å². The van der Waals surface area contributed by atoms with Crippen LogP contribution in [0, 0.1) is 0 Å². The van der Waals surface area contributed by atoms with Gasteiger partial charge in [-0.15, -0.1) is 0 Å². The number of H-pyrrole nitrogens is 1.